The lowest BCUT2D eigenvalue weighted by Crippen LogP contribution is -2.45. The number of hydrogen-bond acceptors (Lipinski definition) is 4. The number of aryl methyl sites for hydroxylation is 1. The van der Waals surface area contributed by atoms with Crippen molar-refractivity contribution in [2.45, 2.75) is 51.1 Å². The van der Waals surface area contributed by atoms with Crippen LogP contribution in [0.25, 0.3) is 11.0 Å². The third-order valence-electron chi connectivity index (χ3n) is 4.90. The molecule has 0 bridgehead atoms. The molecule has 23 heavy (non-hydrogen) atoms. The number of aliphatic hydroxyl groups is 1. The molecule has 124 valence electrons. The summed E-state index contributed by atoms with van der Waals surface area (Å²) in [7, 11) is 0. The van der Waals surface area contributed by atoms with Gasteiger partial charge in [-0.05, 0) is 42.5 Å². The van der Waals surface area contributed by atoms with Crippen molar-refractivity contribution in [1.82, 2.24) is 5.32 Å². The summed E-state index contributed by atoms with van der Waals surface area (Å²) in [5.74, 6) is 0. The first-order valence-corrected chi connectivity index (χ1v) is 8.56. The lowest BCUT2D eigenvalue weighted by molar-refractivity contribution is 0.163. The van der Waals surface area contributed by atoms with Crippen molar-refractivity contribution in [1.29, 1.82) is 0 Å². The predicted octanol–water partition coefficient (Wildman–Crippen LogP) is 3.40. The highest BCUT2D eigenvalue weighted by Crippen LogP contribution is 2.30. The summed E-state index contributed by atoms with van der Waals surface area (Å²) in [5, 5.41) is 14.7. The third-order valence-corrected chi connectivity index (χ3v) is 5.25. The van der Waals surface area contributed by atoms with Crippen molar-refractivity contribution in [3.8, 4) is 0 Å². The molecule has 0 radical (unpaired) electrons. The van der Waals surface area contributed by atoms with Crippen LogP contribution in [0.4, 0.5) is 0 Å². The highest BCUT2D eigenvalue weighted by molar-refractivity contribution is 6.32. The Labute approximate surface area is 140 Å². The highest BCUT2D eigenvalue weighted by Gasteiger charge is 2.32. The molecular weight excluding hydrogens is 314 g/mol. The highest BCUT2D eigenvalue weighted by atomic mass is 35.5. The molecular formula is C18H22ClNO3. The van der Waals surface area contributed by atoms with E-state index in [1.165, 1.54) is 6.07 Å². The van der Waals surface area contributed by atoms with Gasteiger partial charge in [-0.15, -0.1) is 0 Å². The van der Waals surface area contributed by atoms with Gasteiger partial charge in [-0.2, -0.15) is 0 Å². The van der Waals surface area contributed by atoms with Gasteiger partial charge >= 0.3 is 5.63 Å². The van der Waals surface area contributed by atoms with Crippen molar-refractivity contribution >= 4 is 22.6 Å². The van der Waals surface area contributed by atoms with E-state index in [0.717, 1.165) is 48.6 Å². The Morgan fingerprint density at radius 3 is 2.65 bits per heavy atom. The maximum atomic E-state index is 11.9. The van der Waals surface area contributed by atoms with Gasteiger partial charge in [-0.25, -0.2) is 4.79 Å². The summed E-state index contributed by atoms with van der Waals surface area (Å²) in [6.07, 6.45) is 4.95. The molecule has 1 aromatic carbocycles. The Bertz CT molecular complexity index is 763. The van der Waals surface area contributed by atoms with Crippen LogP contribution in [0.5, 0.6) is 0 Å². The van der Waals surface area contributed by atoms with E-state index in [1.807, 2.05) is 19.1 Å². The molecule has 0 amide bonds. The lowest BCUT2D eigenvalue weighted by atomic mass is 9.98. The van der Waals surface area contributed by atoms with Crippen LogP contribution < -0.4 is 10.9 Å². The topological polar surface area (TPSA) is 62.5 Å². The molecule has 1 fully saturated rings. The summed E-state index contributed by atoms with van der Waals surface area (Å²) in [4.78, 5) is 11.9. The largest absolute Gasteiger partial charge is 0.423 e. The predicted molar refractivity (Wildman–Crippen MR) is 92.0 cm³/mol. The fourth-order valence-corrected chi connectivity index (χ4v) is 3.73. The zero-order valence-corrected chi connectivity index (χ0v) is 14.1. The van der Waals surface area contributed by atoms with Crippen LogP contribution in [0.15, 0.2) is 27.4 Å². The smallest absolute Gasteiger partial charge is 0.336 e. The number of benzene rings is 1. The van der Waals surface area contributed by atoms with Crippen LogP contribution >= 0.6 is 11.6 Å². The van der Waals surface area contributed by atoms with Gasteiger partial charge in [0.15, 0.2) is 0 Å². The minimum absolute atomic E-state index is 0.118. The molecule has 1 heterocycles. The molecule has 2 N–H and O–H groups in total. The molecule has 4 nitrogen and oxygen atoms in total. The molecule has 1 aliphatic carbocycles. The molecule has 1 aliphatic rings. The zero-order chi connectivity index (χ0) is 16.4. The van der Waals surface area contributed by atoms with Gasteiger partial charge in [0, 0.05) is 28.6 Å². The van der Waals surface area contributed by atoms with Crippen molar-refractivity contribution in [3.63, 3.8) is 0 Å². The second-order valence-corrected chi connectivity index (χ2v) is 6.79. The van der Waals surface area contributed by atoms with Crippen molar-refractivity contribution < 1.29 is 9.52 Å². The van der Waals surface area contributed by atoms with E-state index in [1.54, 1.807) is 0 Å². The summed E-state index contributed by atoms with van der Waals surface area (Å²) in [5.41, 5.74) is 1.81. The van der Waals surface area contributed by atoms with E-state index >= 15 is 0 Å². The van der Waals surface area contributed by atoms with E-state index in [0.29, 0.717) is 17.2 Å². The van der Waals surface area contributed by atoms with Crippen molar-refractivity contribution in [2.75, 3.05) is 6.61 Å². The number of fused-ring (bicyclic) bond motifs is 1. The van der Waals surface area contributed by atoms with E-state index in [-0.39, 0.29) is 17.8 Å². The number of aliphatic hydroxyl groups excluding tert-OH is 1. The van der Waals surface area contributed by atoms with Crippen LogP contribution in [-0.4, -0.2) is 17.3 Å². The molecule has 0 spiro atoms. The summed E-state index contributed by atoms with van der Waals surface area (Å²) < 4.78 is 5.33. The number of halogens is 1. The monoisotopic (exact) mass is 335 g/mol. The standard InChI is InChI=1S/C18H22ClNO3/c1-2-12-7-16-14(9-15(12)19)13(8-17(22)23-16)10-20-18(11-21)5-3-4-6-18/h7-9,20-21H,2-6,10-11H2,1H3. The normalized spacial score (nSPS) is 17.0. The van der Waals surface area contributed by atoms with Gasteiger partial charge < -0.3 is 14.8 Å². The van der Waals surface area contributed by atoms with Crippen LogP contribution in [-0.2, 0) is 13.0 Å². The van der Waals surface area contributed by atoms with E-state index in [2.05, 4.69) is 5.32 Å². The second-order valence-electron chi connectivity index (χ2n) is 6.38. The SMILES string of the molecule is CCc1cc2oc(=O)cc(CNC3(CO)CCCC3)c2cc1Cl. The molecule has 0 saturated heterocycles. The van der Waals surface area contributed by atoms with Crippen LogP contribution in [0.1, 0.15) is 43.7 Å². The van der Waals surface area contributed by atoms with Gasteiger partial charge in [0.05, 0.1) is 6.61 Å². The molecule has 0 atom stereocenters. The van der Waals surface area contributed by atoms with E-state index in [9.17, 15) is 9.90 Å². The average molecular weight is 336 g/mol. The van der Waals surface area contributed by atoms with Gasteiger partial charge in [-0.1, -0.05) is 31.4 Å². The van der Waals surface area contributed by atoms with Crippen LogP contribution in [0.2, 0.25) is 5.02 Å². The Hall–Kier alpha value is -1.36. The number of nitrogens with one attached hydrogen (secondary N) is 1. The zero-order valence-electron chi connectivity index (χ0n) is 13.3. The first-order chi connectivity index (χ1) is 11.1. The number of hydrogen-bond donors (Lipinski definition) is 2. The first kappa shape index (κ1) is 16.5. The Morgan fingerprint density at radius 2 is 2.00 bits per heavy atom. The fourth-order valence-electron chi connectivity index (χ4n) is 3.43. The van der Waals surface area contributed by atoms with E-state index < -0.39 is 0 Å². The number of rotatable bonds is 5. The van der Waals surface area contributed by atoms with Crippen molar-refractivity contribution in [3.05, 3.63) is 44.8 Å². The van der Waals surface area contributed by atoms with Gasteiger partial charge in [0.25, 0.3) is 0 Å². The van der Waals surface area contributed by atoms with Gasteiger partial charge in [-0.3, -0.25) is 0 Å². The minimum Gasteiger partial charge on any atom is -0.423 e. The fraction of sp³-hybridized carbons (Fsp3) is 0.500. The summed E-state index contributed by atoms with van der Waals surface area (Å²) in [6.45, 7) is 2.65. The van der Waals surface area contributed by atoms with Gasteiger partial charge in [0.2, 0.25) is 0 Å². The van der Waals surface area contributed by atoms with E-state index in [4.69, 9.17) is 16.0 Å². The average Bonchev–Trinajstić information content (AvgIpc) is 3.02. The second kappa shape index (κ2) is 6.63. The Morgan fingerprint density at radius 1 is 1.26 bits per heavy atom. The third kappa shape index (κ3) is 3.30. The van der Waals surface area contributed by atoms with Crippen LogP contribution in [0, 0.1) is 0 Å². The molecule has 0 unspecified atom stereocenters. The molecule has 3 rings (SSSR count). The molecule has 0 aliphatic heterocycles. The molecule has 1 saturated carbocycles. The minimum atomic E-state index is -0.358. The molecule has 1 aromatic heterocycles. The maximum Gasteiger partial charge on any atom is 0.336 e. The lowest BCUT2D eigenvalue weighted by Gasteiger charge is -2.28. The molecule has 2 aromatic rings. The summed E-state index contributed by atoms with van der Waals surface area (Å²) >= 11 is 6.32. The Kier molecular flexibility index (Phi) is 4.76. The molecule has 5 heteroatoms. The first-order valence-electron chi connectivity index (χ1n) is 8.18. The van der Waals surface area contributed by atoms with Crippen molar-refractivity contribution in [2.24, 2.45) is 0 Å². The Balaban J connectivity index is 1.96. The summed E-state index contributed by atoms with van der Waals surface area (Å²) in [6, 6.07) is 5.23. The maximum absolute atomic E-state index is 11.9. The quantitative estimate of drug-likeness (QED) is 0.822. The van der Waals surface area contributed by atoms with Gasteiger partial charge in [0.1, 0.15) is 5.58 Å². The van der Waals surface area contributed by atoms with Crippen LogP contribution in [0.3, 0.4) is 0 Å².